The van der Waals surface area contributed by atoms with Crippen LogP contribution in [-0.4, -0.2) is 80.0 Å². The number of carboxylic acid groups (broad SMARTS) is 1. The first-order valence-corrected chi connectivity index (χ1v) is 14.0. The van der Waals surface area contributed by atoms with Crippen LogP contribution in [0.3, 0.4) is 0 Å². The quantitative estimate of drug-likeness (QED) is 0.351. The normalized spacial score (nSPS) is 18.2. The molecule has 0 radical (unpaired) electrons. The maximum absolute atomic E-state index is 12.6. The summed E-state index contributed by atoms with van der Waals surface area (Å²) in [7, 11) is -1.28. The number of hydrogen-bond acceptors (Lipinski definition) is 7. The van der Waals surface area contributed by atoms with E-state index in [1.165, 1.54) is 9.80 Å². The van der Waals surface area contributed by atoms with Crippen molar-refractivity contribution < 1.29 is 29.0 Å². The number of amides is 3. The molecule has 1 fully saturated rings. The number of fused-ring (bicyclic) bond motifs is 1. The lowest BCUT2D eigenvalue weighted by Gasteiger charge is -2.29. The van der Waals surface area contributed by atoms with E-state index in [2.05, 4.69) is 24.6 Å². The van der Waals surface area contributed by atoms with Gasteiger partial charge in [-0.1, -0.05) is 19.6 Å². The van der Waals surface area contributed by atoms with Crippen molar-refractivity contribution in [3.05, 3.63) is 12.1 Å². The van der Waals surface area contributed by atoms with Crippen LogP contribution in [0.4, 0.5) is 16.4 Å². The Morgan fingerprint density at radius 2 is 2.12 bits per heavy atom. The highest BCUT2D eigenvalue weighted by Crippen LogP contribution is 2.34. The number of pyridine rings is 1. The van der Waals surface area contributed by atoms with Crippen molar-refractivity contribution in [2.24, 2.45) is 0 Å². The van der Waals surface area contributed by atoms with E-state index in [0.29, 0.717) is 12.4 Å². The van der Waals surface area contributed by atoms with Gasteiger partial charge < -0.3 is 14.6 Å². The first-order valence-electron chi connectivity index (χ1n) is 10.3. The molecular formula is C20H27N5O6Si. The average Bonchev–Trinajstić information content (AvgIpc) is 3.10. The zero-order valence-electron chi connectivity index (χ0n) is 18.4. The third-order valence-corrected chi connectivity index (χ3v) is 6.96. The summed E-state index contributed by atoms with van der Waals surface area (Å²) >= 11 is 0. The molecule has 12 heteroatoms. The van der Waals surface area contributed by atoms with Crippen molar-refractivity contribution in [3.8, 4) is 11.8 Å². The number of anilines is 2. The number of carbonyl (C=O) groups excluding carboxylic acids is 2. The molecule has 1 aromatic heterocycles. The first kappa shape index (κ1) is 23.5. The zero-order chi connectivity index (χ0) is 23.5. The van der Waals surface area contributed by atoms with Gasteiger partial charge in [-0.3, -0.25) is 24.3 Å². The molecule has 3 amide bonds. The molecule has 0 saturated carbocycles. The van der Waals surface area contributed by atoms with Crippen molar-refractivity contribution in [1.29, 1.82) is 5.26 Å². The third-order valence-electron chi connectivity index (χ3n) is 5.26. The maximum Gasteiger partial charge on any atom is 0.408 e. The van der Waals surface area contributed by atoms with Gasteiger partial charge in [0.15, 0.2) is 18.2 Å². The fourth-order valence-electron chi connectivity index (χ4n) is 3.43. The zero-order valence-corrected chi connectivity index (χ0v) is 19.4. The second-order valence-corrected chi connectivity index (χ2v) is 14.5. The molecule has 1 unspecified atom stereocenters. The lowest BCUT2D eigenvalue weighted by Crippen LogP contribution is -2.42. The number of nitrogens with zero attached hydrogens (tertiary/aromatic N) is 5. The van der Waals surface area contributed by atoms with Gasteiger partial charge in [-0.15, -0.1) is 0 Å². The van der Waals surface area contributed by atoms with E-state index in [0.717, 1.165) is 10.9 Å². The number of aromatic nitrogens is 1. The van der Waals surface area contributed by atoms with Crippen LogP contribution in [0.5, 0.6) is 5.75 Å². The lowest BCUT2D eigenvalue weighted by molar-refractivity contribution is -0.122. The maximum atomic E-state index is 12.6. The van der Waals surface area contributed by atoms with E-state index in [1.807, 2.05) is 6.07 Å². The van der Waals surface area contributed by atoms with Gasteiger partial charge in [-0.05, 0) is 18.2 Å². The monoisotopic (exact) mass is 461 g/mol. The number of carbonyl (C=O) groups is 3. The van der Waals surface area contributed by atoms with Crippen LogP contribution < -0.4 is 14.5 Å². The number of nitriles is 1. The molecule has 0 spiro atoms. The highest BCUT2D eigenvalue weighted by atomic mass is 28.3. The van der Waals surface area contributed by atoms with E-state index in [9.17, 15) is 19.5 Å². The Labute approximate surface area is 187 Å². The highest BCUT2D eigenvalue weighted by Gasteiger charge is 2.38. The summed E-state index contributed by atoms with van der Waals surface area (Å²) in [6.45, 7) is 6.89. The molecule has 0 aliphatic carbocycles. The molecule has 3 heterocycles. The Balaban J connectivity index is 1.77. The average molecular weight is 462 g/mol. The minimum absolute atomic E-state index is 0.0294. The van der Waals surface area contributed by atoms with Crippen molar-refractivity contribution in [1.82, 2.24) is 9.88 Å². The molecule has 2 aliphatic rings. The Morgan fingerprint density at radius 1 is 1.38 bits per heavy atom. The van der Waals surface area contributed by atoms with Gasteiger partial charge in [0.25, 0.3) is 5.91 Å². The summed E-state index contributed by atoms with van der Waals surface area (Å²) < 4.78 is 11.2. The molecule has 0 bridgehead atoms. The van der Waals surface area contributed by atoms with Crippen LogP contribution in [0.25, 0.3) is 0 Å². The topological polar surface area (TPSA) is 136 Å². The second kappa shape index (κ2) is 9.54. The summed E-state index contributed by atoms with van der Waals surface area (Å²) in [5.41, 5.74) is 0. The number of ether oxygens (including phenoxy) is 2. The van der Waals surface area contributed by atoms with E-state index < -0.39 is 20.2 Å². The summed E-state index contributed by atoms with van der Waals surface area (Å²) in [6.07, 6.45) is -1.31. The van der Waals surface area contributed by atoms with Gasteiger partial charge in [0.1, 0.15) is 19.1 Å². The fourth-order valence-corrected chi connectivity index (χ4v) is 4.19. The smallest absolute Gasteiger partial charge is 0.408 e. The second-order valence-electron chi connectivity index (χ2n) is 8.88. The summed E-state index contributed by atoms with van der Waals surface area (Å²) in [5.74, 6) is 0.334. The largest absolute Gasteiger partial charge is 0.480 e. The van der Waals surface area contributed by atoms with Crippen molar-refractivity contribution in [3.63, 3.8) is 0 Å². The van der Waals surface area contributed by atoms with Crippen LogP contribution in [0.2, 0.25) is 25.7 Å². The van der Waals surface area contributed by atoms with Crippen molar-refractivity contribution in [2.45, 2.75) is 38.1 Å². The molecule has 32 heavy (non-hydrogen) atoms. The summed E-state index contributed by atoms with van der Waals surface area (Å²) in [5, 5.41) is 18.2. The Bertz CT molecular complexity index is 943. The van der Waals surface area contributed by atoms with E-state index in [-0.39, 0.29) is 56.3 Å². The minimum Gasteiger partial charge on any atom is -0.480 e. The summed E-state index contributed by atoms with van der Waals surface area (Å²) in [4.78, 5) is 44.6. The van der Waals surface area contributed by atoms with Gasteiger partial charge in [0.05, 0.1) is 12.1 Å². The van der Waals surface area contributed by atoms with Gasteiger partial charge in [-0.25, -0.2) is 9.78 Å². The Morgan fingerprint density at radius 3 is 2.78 bits per heavy atom. The molecule has 1 N–H and O–H groups in total. The van der Waals surface area contributed by atoms with Crippen LogP contribution in [0.1, 0.15) is 6.42 Å². The molecule has 0 aromatic carbocycles. The molecular weight excluding hydrogens is 434 g/mol. The van der Waals surface area contributed by atoms with Gasteiger partial charge in [-0.2, -0.15) is 5.26 Å². The van der Waals surface area contributed by atoms with E-state index in [1.54, 1.807) is 12.1 Å². The molecule has 1 saturated heterocycles. The van der Waals surface area contributed by atoms with E-state index in [4.69, 9.17) is 14.7 Å². The standard InChI is InChI=1S/C20H27N5O6Si/c1-32(2,3)9-8-30-13-25-18(27)12-31-15-4-5-16(22-19(15)25)24-11-14(10-17(24)26)23(7-6-21)20(28)29/h4-5,14H,7-13H2,1-3H3,(H,28,29). The molecule has 11 nitrogen and oxygen atoms in total. The molecule has 1 aromatic rings. The number of hydrogen-bond donors (Lipinski definition) is 1. The van der Waals surface area contributed by atoms with Crippen LogP contribution in [0.15, 0.2) is 12.1 Å². The van der Waals surface area contributed by atoms with Crippen molar-refractivity contribution >= 4 is 37.6 Å². The van der Waals surface area contributed by atoms with Gasteiger partial charge in [0, 0.05) is 27.6 Å². The molecule has 3 rings (SSSR count). The molecule has 172 valence electrons. The number of rotatable bonds is 8. The minimum atomic E-state index is -1.28. The highest BCUT2D eigenvalue weighted by molar-refractivity contribution is 6.76. The predicted octanol–water partition coefficient (Wildman–Crippen LogP) is 1.73. The van der Waals surface area contributed by atoms with Crippen LogP contribution in [-0.2, 0) is 14.3 Å². The predicted molar refractivity (Wildman–Crippen MR) is 117 cm³/mol. The lowest BCUT2D eigenvalue weighted by atomic mass is 10.2. The molecule has 2 aliphatic heterocycles. The SMILES string of the molecule is C[Si](C)(C)CCOCN1C(=O)COc2ccc(N3CC(N(CC#N)C(=O)O)CC3=O)nc21. The fraction of sp³-hybridized carbons (Fsp3) is 0.550. The first-order chi connectivity index (χ1) is 15.1. The van der Waals surface area contributed by atoms with Gasteiger partial charge >= 0.3 is 6.09 Å². The van der Waals surface area contributed by atoms with Crippen molar-refractivity contribution in [2.75, 3.05) is 42.8 Å². The van der Waals surface area contributed by atoms with Gasteiger partial charge in [0.2, 0.25) is 5.91 Å². The Kier molecular flexibility index (Phi) is 7.00. The van der Waals surface area contributed by atoms with E-state index >= 15 is 0 Å². The summed E-state index contributed by atoms with van der Waals surface area (Å²) in [6, 6.07) is 5.33. The Hall–Kier alpha value is -3.17. The van der Waals surface area contributed by atoms with Crippen LogP contribution >= 0.6 is 0 Å². The van der Waals surface area contributed by atoms with Crippen LogP contribution in [0, 0.1) is 11.3 Å². The molecule has 1 atom stereocenters. The third kappa shape index (κ3) is 5.35.